The molecule has 0 saturated carbocycles. The lowest BCUT2D eigenvalue weighted by Crippen LogP contribution is -2.17. The van der Waals surface area contributed by atoms with Crippen molar-refractivity contribution in [3.63, 3.8) is 0 Å². The quantitative estimate of drug-likeness (QED) is 0.829. The molecule has 104 valence electrons. The Hall–Kier alpha value is -1.91. The molecule has 0 saturated heterocycles. The van der Waals surface area contributed by atoms with Gasteiger partial charge in [-0.1, -0.05) is 48.6 Å². The van der Waals surface area contributed by atoms with Gasteiger partial charge >= 0.3 is 0 Å². The van der Waals surface area contributed by atoms with Crippen molar-refractivity contribution >= 4 is 22.9 Å². The molecule has 0 fully saturated rings. The molecule has 3 nitrogen and oxygen atoms in total. The topological polar surface area (TPSA) is 49.5 Å². The first-order chi connectivity index (χ1) is 9.60. The molecule has 3 N–H and O–H groups in total. The average Bonchev–Trinajstić information content (AvgIpc) is 2.48. The predicted molar refractivity (Wildman–Crippen MR) is 86.8 cm³/mol. The standard InChI is InChI=1S/C16H18N2OS/c1-18(10-12-5-7-13(11-19)8-6-12)15-4-2-3-14(9-15)16(17)20/h2-9,19H,10-11H2,1H3,(H2,17,20). The van der Waals surface area contributed by atoms with E-state index in [1.807, 2.05) is 55.6 Å². The Morgan fingerprint density at radius 3 is 2.40 bits per heavy atom. The highest BCUT2D eigenvalue weighted by molar-refractivity contribution is 7.80. The van der Waals surface area contributed by atoms with Crippen LogP contribution in [0.2, 0.25) is 0 Å². The number of anilines is 1. The molecular formula is C16H18N2OS. The number of thiocarbonyl (C=S) groups is 1. The van der Waals surface area contributed by atoms with Gasteiger partial charge < -0.3 is 15.7 Å². The fourth-order valence-electron chi connectivity index (χ4n) is 2.01. The summed E-state index contributed by atoms with van der Waals surface area (Å²) in [6, 6.07) is 15.8. The molecule has 4 heteroatoms. The van der Waals surface area contributed by atoms with Gasteiger partial charge in [0.2, 0.25) is 0 Å². The summed E-state index contributed by atoms with van der Waals surface area (Å²) in [7, 11) is 2.03. The van der Waals surface area contributed by atoms with E-state index in [0.29, 0.717) is 4.99 Å². The number of nitrogens with zero attached hydrogens (tertiary/aromatic N) is 1. The van der Waals surface area contributed by atoms with Gasteiger partial charge in [-0.25, -0.2) is 0 Å². The normalized spacial score (nSPS) is 10.3. The predicted octanol–water partition coefficient (Wildman–Crippen LogP) is 2.45. The molecule has 2 aromatic rings. The monoisotopic (exact) mass is 286 g/mol. The highest BCUT2D eigenvalue weighted by atomic mass is 32.1. The maximum absolute atomic E-state index is 9.04. The summed E-state index contributed by atoms with van der Waals surface area (Å²) in [5.74, 6) is 0. The van der Waals surface area contributed by atoms with E-state index in [2.05, 4.69) is 4.90 Å². The number of aliphatic hydroxyl groups is 1. The molecule has 0 aromatic heterocycles. The van der Waals surface area contributed by atoms with Crippen molar-refractivity contribution in [2.24, 2.45) is 5.73 Å². The molecule has 20 heavy (non-hydrogen) atoms. The first-order valence-electron chi connectivity index (χ1n) is 6.40. The van der Waals surface area contributed by atoms with E-state index in [0.717, 1.165) is 23.4 Å². The molecule has 0 atom stereocenters. The zero-order valence-corrected chi connectivity index (χ0v) is 12.2. The van der Waals surface area contributed by atoms with Gasteiger partial charge in [-0.15, -0.1) is 0 Å². The van der Waals surface area contributed by atoms with Crippen LogP contribution in [0.1, 0.15) is 16.7 Å². The number of rotatable bonds is 5. The van der Waals surface area contributed by atoms with E-state index in [-0.39, 0.29) is 6.61 Å². The number of nitrogens with two attached hydrogens (primary N) is 1. The van der Waals surface area contributed by atoms with E-state index in [1.165, 1.54) is 5.56 Å². The highest BCUT2D eigenvalue weighted by Crippen LogP contribution is 2.17. The third kappa shape index (κ3) is 3.56. The van der Waals surface area contributed by atoms with E-state index in [4.69, 9.17) is 23.1 Å². The van der Waals surface area contributed by atoms with Crippen LogP contribution in [-0.2, 0) is 13.2 Å². The summed E-state index contributed by atoms with van der Waals surface area (Å²) in [6.45, 7) is 0.860. The summed E-state index contributed by atoms with van der Waals surface area (Å²) >= 11 is 5.00. The van der Waals surface area contributed by atoms with Crippen LogP contribution < -0.4 is 10.6 Å². The lowest BCUT2D eigenvalue weighted by molar-refractivity contribution is 0.282. The summed E-state index contributed by atoms with van der Waals surface area (Å²) in [6.07, 6.45) is 0. The van der Waals surface area contributed by atoms with Gasteiger partial charge in [0.05, 0.1) is 6.61 Å². The first-order valence-corrected chi connectivity index (χ1v) is 6.80. The lowest BCUT2D eigenvalue weighted by atomic mass is 10.1. The van der Waals surface area contributed by atoms with Crippen LogP contribution in [0.25, 0.3) is 0 Å². The van der Waals surface area contributed by atoms with Gasteiger partial charge in [-0.05, 0) is 23.3 Å². The Labute approximate surface area is 124 Å². The van der Waals surface area contributed by atoms with Crippen molar-refractivity contribution in [1.82, 2.24) is 0 Å². The Morgan fingerprint density at radius 2 is 1.80 bits per heavy atom. The van der Waals surface area contributed by atoms with Crippen molar-refractivity contribution in [2.75, 3.05) is 11.9 Å². The van der Waals surface area contributed by atoms with E-state index in [9.17, 15) is 0 Å². The fourth-order valence-corrected chi connectivity index (χ4v) is 2.14. The molecule has 0 aliphatic heterocycles. The Bertz CT molecular complexity index is 596. The summed E-state index contributed by atoms with van der Waals surface area (Å²) in [4.78, 5) is 2.54. The molecule has 0 bridgehead atoms. The van der Waals surface area contributed by atoms with E-state index in [1.54, 1.807) is 0 Å². The summed E-state index contributed by atoms with van der Waals surface area (Å²) < 4.78 is 0. The molecular weight excluding hydrogens is 268 g/mol. The largest absolute Gasteiger partial charge is 0.392 e. The molecule has 0 spiro atoms. The fraction of sp³-hybridized carbons (Fsp3) is 0.188. The number of benzene rings is 2. The minimum atomic E-state index is 0.0755. The lowest BCUT2D eigenvalue weighted by Gasteiger charge is -2.20. The van der Waals surface area contributed by atoms with Crippen LogP contribution in [0, 0.1) is 0 Å². The number of aliphatic hydroxyl groups excluding tert-OH is 1. The zero-order valence-electron chi connectivity index (χ0n) is 11.4. The molecule has 2 rings (SSSR count). The van der Waals surface area contributed by atoms with Gasteiger partial charge in [0.25, 0.3) is 0 Å². The highest BCUT2D eigenvalue weighted by Gasteiger charge is 2.04. The Kier molecular flexibility index (Phi) is 4.71. The van der Waals surface area contributed by atoms with Gasteiger partial charge in [0.1, 0.15) is 4.99 Å². The van der Waals surface area contributed by atoms with E-state index >= 15 is 0 Å². The molecule has 2 aromatic carbocycles. The van der Waals surface area contributed by atoms with Crippen LogP contribution in [0.5, 0.6) is 0 Å². The minimum absolute atomic E-state index is 0.0755. The molecule has 0 radical (unpaired) electrons. The summed E-state index contributed by atoms with van der Waals surface area (Å²) in [5.41, 5.74) is 9.71. The first kappa shape index (κ1) is 14.5. The van der Waals surface area contributed by atoms with Crippen molar-refractivity contribution in [2.45, 2.75) is 13.2 Å². The SMILES string of the molecule is CN(Cc1ccc(CO)cc1)c1cccc(C(N)=S)c1. The molecule has 0 aliphatic rings. The maximum Gasteiger partial charge on any atom is 0.104 e. The van der Waals surface area contributed by atoms with Crippen molar-refractivity contribution in [3.05, 3.63) is 65.2 Å². The average molecular weight is 286 g/mol. The van der Waals surface area contributed by atoms with Gasteiger partial charge in [-0.2, -0.15) is 0 Å². The van der Waals surface area contributed by atoms with Crippen LogP contribution in [-0.4, -0.2) is 17.1 Å². The molecule has 0 unspecified atom stereocenters. The van der Waals surface area contributed by atoms with E-state index < -0.39 is 0 Å². The second kappa shape index (κ2) is 6.50. The van der Waals surface area contributed by atoms with Crippen LogP contribution in [0.3, 0.4) is 0 Å². The Morgan fingerprint density at radius 1 is 1.15 bits per heavy atom. The smallest absolute Gasteiger partial charge is 0.104 e. The molecule has 0 heterocycles. The summed E-state index contributed by atoms with van der Waals surface area (Å²) in [5, 5.41) is 9.04. The third-order valence-corrected chi connectivity index (χ3v) is 3.43. The number of hydrogen-bond acceptors (Lipinski definition) is 3. The van der Waals surface area contributed by atoms with Gasteiger partial charge in [0.15, 0.2) is 0 Å². The van der Waals surface area contributed by atoms with Gasteiger partial charge in [-0.3, -0.25) is 0 Å². The van der Waals surface area contributed by atoms with Crippen LogP contribution >= 0.6 is 12.2 Å². The van der Waals surface area contributed by atoms with Crippen molar-refractivity contribution < 1.29 is 5.11 Å². The van der Waals surface area contributed by atoms with Crippen molar-refractivity contribution in [3.8, 4) is 0 Å². The Balaban J connectivity index is 2.12. The third-order valence-electron chi connectivity index (χ3n) is 3.20. The van der Waals surface area contributed by atoms with Crippen LogP contribution in [0.4, 0.5) is 5.69 Å². The van der Waals surface area contributed by atoms with Crippen LogP contribution in [0.15, 0.2) is 48.5 Å². The minimum Gasteiger partial charge on any atom is -0.392 e. The maximum atomic E-state index is 9.04. The number of hydrogen-bond donors (Lipinski definition) is 2. The van der Waals surface area contributed by atoms with Crippen molar-refractivity contribution in [1.29, 1.82) is 0 Å². The molecule has 0 amide bonds. The zero-order chi connectivity index (χ0) is 14.5. The van der Waals surface area contributed by atoms with Gasteiger partial charge in [0, 0.05) is 24.8 Å². The molecule has 0 aliphatic carbocycles. The second-order valence-electron chi connectivity index (χ2n) is 4.75. The second-order valence-corrected chi connectivity index (χ2v) is 5.19.